The number of aliphatic carboxylic acids is 1. The lowest BCUT2D eigenvalue weighted by atomic mass is 10.2. The number of carboxylic acids is 1. The summed E-state index contributed by atoms with van der Waals surface area (Å²) in [6.45, 7) is 2.14. The van der Waals surface area contributed by atoms with Gasteiger partial charge in [-0.2, -0.15) is 0 Å². The molecule has 0 saturated heterocycles. The lowest BCUT2D eigenvalue weighted by Gasteiger charge is -2.16. The molecule has 0 atom stereocenters. The van der Waals surface area contributed by atoms with Crippen LogP contribution in [0.4, 0.5) is 0 Å². The third-order valence-electron chi connectivity index (χ3n) is 2.92. The minimum Gasteiger partial charge on any atom is -0.493 e. The minimum atomic E-state index is -0.977. The standard InChI is InChI=1S/C15H20N2O5/c1-3-22-12-7-5-4-6-11(12)15(21)16-10-13(18)17(2)9-8-14(19)20/h4-7H,3,8-10H2,1-2H3,(H,16,21)(H,19,20). The van der Waals surface area contributed by atoms with E-state index in [-0.39, 0.29) is 25.4 Å². The van der Waals surface area contributed by atoms with E-state index < -0.39 is 11.9 Å². The van der Waals surface area contributed by atoms with Crippen LogP contribution in [0.2, 0.25) is 0 Å². The molecule has 0 spiro atoms. The van der Waals surface area contributed by atoms with E-state index in [1.165, 1.54) is 11.9 Å². The van der Waals surface area contributed by atoms with Crippen molar-refractivity contribution in [2.24, 2.45) is 0 Å². The molecule has 22 heavy (non-hydrogen) atoms. The van der Waals surface area contributed by atoms with E-state index in [9.17, 15) is 14.4 Å². The van der Waals surface area contributed by atoms with Crippen LogP contribution in [0.15, 0.2) is 24.3 Å². The molecule has 0 aliphatic rings. The van der Waals surface area contributed by atoms with Crippen molar-refractivity contribution < 1.29 is 24.2 Å². The van der Waals surface area contributed by atoms with Gasteiger partial charge in [-0.05, 0) is 19.1 Å². The minimum absolute atomic E-state index is 0.0968. The molecule has 2 amide bonds. The molecule has 1 aromatic carbocycles. The topological polar surface area (TPSA) is 95.9 Å². The van der Waals surface area contributed by atoms with Crippen molar-refractivity contribution in [3.05, 3.63) is 29.8 Å². The molecule has 0 aliphatic heterocycles. The fraction of sp³-hybridized carbons (Fsp3) is 0.400. The van der Waals surface area contributed by atoms with Crippen LogP contribution in [0.1, 0.15) is 23.7 Å². The van der Waals surface area contributed by atoms with Crippen LogP contribution >= 0.6 is 0 Å². The van der Waals surface area contributed by atoms with E-state index in [1.54, 1.807) is 24.3 Å². The third kappa shape index (κ3) is 5.43. The van der Waals surface area contributed by atoms with Crippen LogP contribution in [0.25, 0.3) is 0 Å². The fourth-order valence-electron chi connectivity index (χ4n) is 1.71. The molecule has 0 unspecified atom stereocenters. The van der Waals surface area contributed by atoms with Gasteiger partial charge in [-0.25, -0.2) is 0 Å². The summed E-state index contributed by atoms with van der Waals surface area (Å²) >= 11 is 0. The predicted octanol–water partition coefficient (Wildman–Crippen LogP) is 0.748. The van der Waals surface area contributed by atoms with Crippen LogP contribution in [0.5, 0.6) is 5.75 Å². The summed E-state index contributed by atoms with van der Waals surface area (Å²) in [5.74, 6) is -1.30. The Labute approximate surface area is 128 Å². The number of carboxylic acid groups (broad SMARTS) is 1. The van der Waals surface area contributed by atoms with Crippen LogP contribution in [-0.2, 0) is 9.59 Å². The molecule has 1 aromatic rings. The van der Waals surface area contributed by atoms with Gasteiger partial charge in [-0.1, -0.05) is 12.1 Å². The van der Waals surface area contributed by atoms with Gasteiger partial charge in [0.2, 0.25) is 5.91 Å². The Morgan fingerprint density at radius 2 is 1.95 bits per heavy atom. The van der Waals surface area contributed by atoms with Gasteiger partial charge in [-0.15, -0.1) is 0 Å². The second kappa shape index (κ2) is 8.66. The number of para-hydroxylation sites is 1. The molecule has 0 saturated carbocycles. The van der Waals surface area contributed by atoms with Gasteiger partial charge in [0.25, 0.3) is 5.91 Å². The Morgan fingerprint density at radius 1 is 1.27 bits per heavy atom. The Bertz CT molecular complexity index is 544. The van der Waals surface area contributed by atoms with Crippen molar-refractivity contribution in [3.8, 4) is 5.75 Å². The first-order valence-electron chi connectivity index (χ1n) is 6.91. The van der Waals surface area contributed by atoms with E-state index in [1.807, 2.05) is 6.92 Å². The number of rotatable bonds is 8. The van der Waals surface area contributed by atoms with Crippen LogP contribution in [0, 0.1) is 0 Å². The molecule has 2 N–H and O–H groups in total. The highest BCUT2D eigenvalue weighted by molar-refractivity contribution is 5.98. The summed E-state index contributed by atoms with van der Waals surface area (Å²) < 4.78 is 5.36. The molecule has 0 fully saturated rings. The Kier molecular flexibility index (Phi) is 6.88. The molecule has 0 aliphatic carbocycles. The van der Waals surface area contributed by atoms with Crippen molar-refractivity contribution in [2.75, 3.05) is 26.7 Å². The molecule has 7 heteroatoms. The van der Waals surface area contributed by atoms with E-state index in [0.717, 1.165) is 0 Å². The molecular weight excluding hydrogens is 288 g/mol. The number of likely N-dealkylation sites (N-methyl/N-ethyl adjacent to an activating group) is 1. The summed E-state index contributed by atoms with van der Waals surface area (Å²) in [4.78, 5) is 35.6. The number of benzene rings is 1. The molecule has 1 rings (SSSR count). The highest BCUT2D eigenvalue weighted by Crippen LogP contribution is 2.17. The van der Waals surface area contributed by atoms with Gasteiger partial charge in [0.05, 0.1) is 25.1 Å². The average Bonchev–Trinajstić information content (AvgIpc) is 2.50. The highest BCUT2D eigenvalue weighted by atomic mass is 16.5. The zero-order valence-corrected chi connectivity index (χ0v) is 12.7. The summed E-state index contributed by atoms with van der Waals surface area (Å²) in [7, 11) is 1.49. The molecule has 0 heterocycles. The van der Waals surface area contributed by atoms with Crippen molar-refractivity contribution in [1.29, 1.82) is 0 Å². The van der Waals surface area contributed by atoms with E-state index in [2.05, 4.69) is 5.32 Å². The lowest BCUT2D eigenvalue weighted by molar-refractivity contribution is -0.138. The first-order chi connectivity index (χ1) is 10.5. The van der Waals surface area contributed by atoms with Gasteiger partial charge in [0.15, 0.2) is 0 Å². The number of amides is 2. The molecule has 0 aromatic heterocycles. The second-order valence-corrected chi connectivity index (χ2v) is 4.57. The van der Waals surface area contributed by atoms with Gasteiger partial charge in [0.1, 0.15) is 5.75 Å². The Hall–Kier alpha value is -2.57. The first-order valence-corrected chi connectivity index (χ1v) is 6.91. The van der Waals surface area contributed by atoms with Gasteiger partial charge in [0, 0.05) is 13.6 Å². The van der Waals surface area contributed by atoms with Crippen molar-refractivity contribution >= 4 is 17.8 Å². The van der Waals surface area contributed by atoms with Gasteiger partial charge in [-0.3, -0.25) is 14.4 Å². The molecular formula is C15H20N2O5. The number of carbonyl (C=O) groups excluding carboxylic acids is 2. The SMILES string of the molecule is CCOc1ccccc1C(=O)NCC(=O)N(C)CCC(=O)O. The van der Waals surface area contributed by atoms with Crippen molar-refractivity contribution in [1.82, 2.24) is 10.2 Å². The summed E-state index contributed by atoms with van der Waals surface area (Å²) in [5.41, 5.74) is 0.352. The normalized spacial score (nSPS) is 9.91. The van der Waals surface area contributed by atoms with Crippen molar-refractivity contribution in [3.63, 3.8) is 0 Å². The number of carbonyl (C=O) groups is 3. The van der Waals surface area contributed by atoms with E-state index in [0.29, 0.717) is 17.9 Å². The average molecular weight is 308 g/mol. The Morgan fingerprint density at radius 3 is 2.59 bits per heavy atom. The number of hydrogen-bond donors (Lipinski definition) is 2. The maximum atomic E-state index is 12.1. The summed E-state index contributed by atoms with van der Waals surface area (Å²) in [6.07, 6.45) is -0.136. The molecule has 0 radical (unpaired) electrons. The number of ether oxygens (including phenoxy) is 1. The smallest absolute Gasteiger partial charge is 0.305 e. The van der Waals surface area contributed by atoms with Crippen LogP contribution in [-0.4, -0.2) is 54.5 Å². The van der Waals surface area contributed by atoms with E-state index >= 15 is 0 Å². The third-order valence-corrected chi connectivity index (χ3v) is 2.92. The number of nitrogens with one attached hydrogen (secondary N) is 1. The Balaban J connectivity index is 2.55. The zero-order chi connectivity index (χ0) is 16.5. The molecule has 7 nitrogen and oxygen atoms in total. The monoisotopic (exact) mass is 308 g/mol. The number of nitrogens with zero attached hydrogens (tertiary/aromatic N) is 1. The van der Waals surface area contributed by atoms with E-state index in [4.69, 9.17) is 9.84 Å². The lowest BCUT2D eigenvalue weighted by Crippen LogP contribution is -2.39. The van der Waals surface area contributed by atoms with Gasteiger partial charge >= 0.3 is 5.97 Å². The summed E-state index contributed by atoms with van der Waals surface area (Å²) in [5, 5.41) is 11.1. The maximum Gasteiger partial charge on any atom is 0.305 e. The summed E-state index contributed by atoms with van der Waals surface area (Å²) in [6, 6.07) is 6.75. The van der Waals surface area contributed by atoms with Gasteiger partial charge < -0.3 is 20.1 Å². The van der Waals surface area contributed by atoms with Crippen LogP contribution in [0.3, 0.4) is 0 Å². The zero-order valence-electron chi connectivity index (χ0n) is 12.7. The number of hydrogen-bond acceptors (Lipinski definition) is 4. The highest BCUT2D eigenvalue weighted by Gasteiger charge is 2.15. The molecule has 0 bridgehead atoms. The molecule has 120 valence electrons. The largest absolute Gasteiger partial charge is 0.493 e. The first kappa shape index (κ1) is 17.5. The van der Waals surface area contributed by atoms with Crippen molar-refractivity contribution in [2.45, 2.75) is 13.3 Å². The maximum absolute atomic E-state index is 12.1. The quantitative estimate of drug-likeness (QED) is 0.739. The predicted molar refractivity (Wildman–Crippen MR) is 79.8 cm³/mol. The second-order valence-electron chi connectivity index (χ2n) is 4.57. The fourth-order valence-corrected chi connectivity index (χ4v) is 1.71. The van der Waals surface area contributed by atoms with Crippen LogP contribution < -0.4 is 10.1 Å².